The van der Waals surface area contributed by atoms with E-state index in [2.05, 4.69) is 24.1 Å². The van der Waals surface area contributed by atoms with E-state index in [1.54, 1.807) is 19.1 Å². The fraction of sp³-hybridized carbons (Fsp3) is 0.611. The predicted molar refractivity (Wildman–Crippen MR) is 94.2 cm³/mol. The van der Waals surface area contributed by atoms with Crippen LogP contribution in [0.4, 0.5) is 0 Å². The minimum absolute atomic E-state index is 0.0550. The lowest BCUT2D eigenvalue weighted by Gasteiger charge is -2.35. The first kappa shape index (κ1) is 18.1. The summed E-state index contributed by atoms with van der Waals surface area (Å²) in [6, 6.07) is 6.25. The first-order valence-corrected chi connectivity index (χ1v) is 8.72. The van der Waals surface area contributed by atoms with E-state index in [0.29, 0.717) is 16.8 Å². The third-order valence-electron chi connectivity index (χ3n) is 4.42. The van der Waals surface area contributed by atoms with Crippen LogP contribution in [-0.4, -0.2) is 42.1 Å². The summed E-state index contributed by atoms with van der Waals surface area (Å²) in [5.74, 6) is 0.616. The number of benzene rings is 1. The lowest BCUT2D eigenvalue weighted by molar-refractivity contribution is -0.128. The van der Waals surface area contributed by atoms with Crippen molar-refractivity contribution in [2.45, 2.75) is 58.7 Å². The summed E-state index contributed by atoms with van der Waals surface area (Å²) in [5.41, 5.74) is 0.942. The van der Waals surface area contributed by atoms with Gasteiger partial charge in [0.2, 0.25) is 0 Å². The van der Waals surface area contributed by atoms with E-state index in [1.165, 1.54) is 0 Å². The van der Waals surface area contributed by atoms with Gasteiger partial charge in [-0.25, -0.2) is 0 Å². The van der Waals surface area contributed by atoms with Crippen molar-refractivity contribution in [3.8, 4) is 5.75 Å². The third kappa shape index (κ3) is 5.11. The number of carbonyl (C=O) groups excluding carboxylic acids is 1. The van der Waals surface area contributed by atoms with E-state index in [9.17, 15) is 4.79 Å². The van der Waals surface area contributed by atoms with Crippen molar-refractivity contribution >= 4 is 17.5 Å². The van der Waals surface area contributed by atoms with Gasteiger partial charge in [0.1, 0.15) is 5.75 Å². The lowest BCUT2D eigenvalue weighted by Crippen LogP contribution is -2.49. The van der Waals surface area contributed by atoms with Crippen LogP contribution in [0.2, 0.25) is 5.02 Å². The SMILES string of the molecule is Cc1cc(OC(C)C(=O)NC2CCN(C(C)C)CC2)ccc1Cl. The Kier molecular flexibility index (Phi) is 6.31. The predicted octanol–water partition coefficient (Wildman–Crippen LogP) is 3.40. The molecule has 0 aliphatic carbocycles. The molecule has 0 aromatic heterocycles. The van der Waals surface area contributed by atoms with Gasteiger partial charge in [0.15, 0.2) is 6.10 Å². The Hall–Kier alpha value is -1.26. The van der Waals surface area contributed by atoms with Gasteiger partial charge in [-0.15, -0.1) is 0 Å². The molecule has 0 spiro atoms. The highest BCUT2D eigenvalue weighted by Gasteiger charge is 2.24. The molecular weight excluding hydrogens is 312 g/mol. The number of nitrogens with zero attached hydrogens (tertiary/aromatic N) is 1. The summed E-state index contributed by atoms with van der Waals surface area (Å²) in [6.07, 6.45) is 1.48. The molecule has 1 aliphatic rings. The maximum Gasteiger partial charge on any atom is 0.260 e. The molecule has 0 bridgehead atoms. The van der Waals surface area contributed by atoms with Gasteiger partial charge in [0, 0.05) is 30.2 Å². The van der Waals surface area contributed by atoms with E-state index < -0.39 is 6.10 Å². The Bertz CT molecular complexity index is 540. The van der Waals surface area contributed by atoms with Crippen LogP contribution in [0.5, 0.6) is 5.75 Å². The fourth-order valence-corrected chi connectivity index (χ4v) is 2.94. The lowest BCUT2D eigenvalue weighted by atomic mass is 10.0. The van der Waals surface area contributed by atoms with E-state index in [4.69, 9.17) is 16.3 Å². The number of likely N-dealkylation sites (tertiary alicyclic amines) is 1. The molecule has 1 aliphatic heterocycles. The fourth-order valence-electron chi connectivity index (χ4n) is 2.83. The molecule has 23 heavy (non-hydrogen) atoms. The van der Waals surface area contributed by atoms with Gasteiger partial charge in [0.25, 0.3) is 5.91 Å². The molecule has 4 nitrogen and oxygen atoms in total. The van der Waals surface area contributed by atoms with Gasteiger partial charge in [-0.05, 0) is 64.3 Å². The van der Waals surface area contributed by atoms with E-state index in [-0.39, 0.29) is 11.9 Å². The van der Waals surface area contributed by atoms with Crippen LogP contribution in [-0.2, 0) is 4.79 Å². The molecule has 1 unspecified atom stereocenters. The van der Waals surface area contributed by atoms with Crippen LogP contribution in [0.15, 0.2) is 18.2 Å². The molecule has 1 aromatic carbocycles. The first-order chi connectivity index (χ1) is 10.9. The number of halogens is 1. The maximum absolute atomic E-state index is 12.3. The second-order valence-electron chi connectivity index (χ2n) is 6.58. The molecule has 128 valence electrons. The van der Waals surface area contributed by atoms with Gasteiger partial charge in [-0.1, -0.05) is 11.6 Å². The van der Waals surface area contributed by atoms with Gasteiger partial charge in [-0.3, -0.25) is 4.79 Å². The van der Waals surface area contributed by atoms with Crippen molar-refractivity contribution in [2.24, 2.45) is 0 Å². The molecule has 1 amide bonds. The number of aryl methyl sites for hydroxylation is 1. The molecular formula is C18H27ClN2O2. The van der Waals surface area contributed by atoms with Crippen molar-refractivity contribution in [1.82, 2.24) is 10.2 Å². The Balaban J connectivity index is 1.82. The van der Waals surface area contributed by atoms with Gasteiger partial charge in [-0.2, -0.15) is 0 Å². The Morgan fingerprint density at radius 2 is 1.96 bits per heavy atom. The van der Waals surface area contributed by atoms with Crippen LogP contribution in [0, 0.1) is 6.92 Å². The molecule has 1 atom stereocenters. The summed E-state index contributed by atoms with van der Waals surface area (Å²) < 4.78 is 5.73. The number of piperidine rings is 1. The molecule has 1 aromatic rings. The van der Waals surface area contributed by atoms with Crippen molar-refractivity contribution in [2.75, 3.05) is 13.1 Å². The number of nitrogens with one attached hydrogen (secondary N) is 1. The average molecular weight is 339 g/mol. The smallest absolute Gasteiger partial charge is 0.260 e. The number of hydrogen-bond donors (Lipinski definition) is 1. The molecule has 1 saturated heterocycles. The average Bonchev–Trinajstić information content (AvgIpc) is 2.51. The second-order valence-corrected chi connectivity index (χ2v) is 6.99. The van der Waals surface area contributed by atoms with Crippen LogP contribution in [0.3, 0.4) is 0 Å². The van der Waals surface area contributed by atoms with Crippen molar-refractivity contribution in [3.63, 3.8) is 0 Å². The quantitative estimate of drug-likeness (QED) is 0.894. The topological polar surface area (TPSA) is 41.6 Å². The number of carbonyl (C=O) groups is 1. The Morgan fingerprint density at radius 3 is 2.52 bits per heavy atom. The van der Waals surface area contributed by atoms with Crippen molar-refractivity contribution in [1.29, 1.82) is 0 Å². The number of amides is 1. The van der Waals surface area contributed by atoms with Gasteiger partial charge in [0.05, 0.1) is 0 Å². The zero-order valence-corrected chi connectivity index (χ0v) is 15.2. The molecule has 0 radical (unpaired) electrons. The highest BCUT2D eigenvalue weighted by molar-refractivity contribution is 6.31. The summed E-state index contributed by atoms with van der Waals surface area (Å²) in [7, 11) is 0. The number of hydrogen-bond acceptors (Lipinski definition) is 3. The van der Waals surface area contributed by atoms with Crippen LogP contribution < -0.4 is 10.1 Å². The maximum atomic E-state index is 12.3. The summed E-state index contributed by atoms with van der Waals surface area (Å²) in [5, 5.41) is 3.81. The summed E-state index contributed by atoms with van der Waals surface area (Å²) in [4.78, 5) is 14.8. The monoisotopic (exact) mass is 338 g/mol. The molecule has 0 saturated carbocycles. The largest absolute Gasteiger partial charge is 0.481 e. The van der Waals surface area contributed by atoms with Crippen molar-refractivity contribution < 1.29 is 9.53 Å². The van der Waals surface area contributed by atoms with Crippen LogP contribution >= 0.6 is 11.6 Å². The molecule has 1 heterocycles. The second kappa shape index (κ2) is 8.02. The van der Waals surface area contributed by atoms with E-state index in [0.717, 1.165) is 31.5 Å². The molecule has 1 fully saturated rings. The third-order valence-corrected chi connectivity index (χ3v) is 4.84. The summed E-state index contributed by atoms with van der Waals surface area (Å²) in [6.45, 7) is 10.2. The van der Waals surface area contributed by atoms with Crippen LogP contribution in [0.25, 0.3) is 0 Å². The molecule has 1 N–H and O–H groups in total. The van der Waals surface area contributed by atoms with E-state index >= 15 is 0 Å². The van der Waals surface area contributed by atoms with Crippen LogP contribution in [0.1, 0.15) is 39.2 Å². The minimum Gasteiger partial charge on any atom is -0.481 e. The number of ether oxygens (including phenoxy) is 1. The molecule has 5 heteroatoms. The molecule has 2 rings (SSSR count). The van der Waals surface area contributed by atoms with Gasteiger partial charge >= 0.3 is 0 Å². The van der Waals surface area contributed by atoms with Crippen molar-refractivity contribution in [3.05, 3.63) is 28.8 Å². The number of rotatable bonds is 5. The standard InChI is InChI=1S/C18H27ClN2O2/c1-12(2)21-9-7-15(8-10-21)20-18(22)14(4)23-16-5-6-17(19)13(3)11-16/h5-6,11-12,14-15H,7-10H2,1-4H3,(H,20,22). The first-order valence-electron chi connectivity index (χ1n) is 8.34. The zero-order valence-electron chi connectivity index (χ0n) is 14.4. The summed E-state index contributed by atoms with van der Waals surface area (Å²) >= 11 is 6.00. The minimum atomic E-state index is -0.515. The zero-order chi connectivity index (χ0) is 17.0. The Labute approximate surface area is 144 Å². The Morgan fingerprint density at radius 1 is 1.30 bits per heavy atom. The normalized spacial score (nSPS) is 18.0. The van der Waals surface area contributed by atoms with E-state index in [1.807, 2.05) is 13.0 Å². The highest BCUT2D eigenvalue weighted by Crippen LogP contribution is 2.22. The van der Waals surface area contributed by atoms with Gasteiger partial charge < -0.3 is 15.0 Å². The highest BCUT2D eigenvalue weighted by atomic mass is 35.5.